The third kappa shape index (κ3) is 2.59. The van der Waals surface area contributed by atoms with Crippen LogP contribution in [0.25, 0.3) is 0 Å². The number of benzene rings is 1. The van der Waals surface area contributed by atoms with Crippen LogP contribution in [0.5, 0.6) is 0 Å². The fourth-order valence-electron chi connectivity index (χ4n) is 3.97. The van der Waals surface area contributed by atoms with E-state index in [2.05, 4.69) is 22.3 Å². The van der Waals surface area contributed by atoms with Crippen molar-refractivity contribution in [1.82, 2.24) is 10.2 Å². The molecule has 1 amide bonds. The number of carbonyl (C=O) groups is 1. The Kier molecular flexibility index (Phi) is 3.46. The van der Waals surface area contributed by atoms with E-state index in [0.717, 1.165) is 18.0 Å². The number of hydrogen-bond acceptors (Lipinski definition) is 2. The first-order valence-electron chi connectivity index (χ1n) is 8.44. The van der Waals surface area contributed by atoms with Crippen molar-refractivity contribution < 1.29 is 4.79 Å². The lowest BCUT2D eigenvalue weighted by atomic mass is 10.0. The van der Waals surface area contributed by atoms with E-state index in [0.29, 0.717) is 11.8 Å². The minimum atomic E-state index is -0.129. The molecule has 4 rings (SSSR count). The fourth-order valence-corrected chi connectivity index (χ4v) is 3.97. The zero-order valence-electron chi connectivity index (χ0n) is 12.5. The number of rotatable bonds is 4. The fraction of sp³-hybridized carbons (Fsp3) is 0.611. The predicted octanol–water partition coefficient (Wildman–Crippen LogP) is 3.09. The molecule has 2 saturated carbocycles. The number of nitrogens with zero attached hydrogens (tertiary/aromatic N) is 1. The van der Waals surface area contributed by atoms with Gasteiger partial charge in [0.1, 0.15) is 6.04 Å². The van der Waals surface area contributed by atoms with Gasteiger partial charge in [0.25, 0.3) is 0 Å². The molecule has 1 N–H and O–H groups in total. The number of amides is 1. The zero-order valence-corrected chi connectivity index (χ0v) is 12.5. The van der Waals surface area contributed by atoms with Crippen LogP contribution < -0.4 is 5.32 Å². The Bertz CT molecular complexity index is 505. The highest BCUT2D eigenvalue weighted by Crippen LogP contribution is 2.38. The van der Waals surface area contributed by atoms with Gasteiger partial charge in [0.15, 0.2) is 0 Å². The smallest absolute Gasteiger partial charge is 0.245 e. The summed E-state index contributed by atoms with van der Waals surface area (Å²) in [5, 5.41) is 3.66. The highest BCUT2D eigenvalue weighted by atomic mass is 16.2. The molecule has 112 valence electrons. The van der Waals surface area contributed by atoms with Gasteiger partial charge < -0.3 is 4.90 Å². The van der Waals surface area contributed by atoms with Crippen LogP contribution in [0, 0.1) is 11.8 Å². The van der Waals surface area contributed by atoms with E-state index in [4.69, 9.17) is 0 Å². The molecule has 2 atom stereocenters. The summed E-state index contributed by atoms with van der Waals surface area (Å²) in [6.07, 6.45) is 8.07. The summed E-state index contributed by atoms with van der Waals surface area (Å²) in [6.45, 7) is 0.969. The quantitative estimate of drug-likeness (QED) is 0.921. The van der Waals surface area contributed by atoms with Crippen molar-refractivity contribution in [2.75, 3.05) is 6.54 Å². The van der Waals surface area contributed by atoms with Crippen molar-refractivity contribution >= 4 is 5.91 Å². The van der Waals surface area contributed by atoms with Crippen molar-refractivity contribution in [3.05, 3.63) is 35.9 Å². The van der Waals surface area contributed by atoms with E-state index < -0.39 is 0 Å². The summed E-state index contributed by atoms with van der Waals surface area (Å²) in [5.74, 6) is 1.71. The normalized spacial score (nSPS) is 30.3. The summed E-state index contributed by atoms with van der Waals surface area (Å²) in [7, 11) is 0. The van der Waals surface area contributed by atoms with Crippen molar-refractivity contribution in [1.29, 1.82) is 0 Å². The van der Waals surface area contributed by atoms with Crippen LogP contribution in [0.2, 0.25) is 0 Å². The molecular weight excluding hydrogens is 260 g/mol. The maximum atomic E-state index is 12.9. The molecule has 2 unspecified atom stereocenters. The predicted molar refractivity (Wildman–Crippen MR) is 82.5 cm³/mol. The molecule has 1 heterocycles. The third-order valence-corrected chi connectivity index (χ3v) is 5.33. The van der Waals surface area contributed by atoms with Crippen molar-refractivity contribution in [2.24, 2.45) is 11.8 Å². The molecule has 1 aliphatic heterocycles. The molecule has 0 bridgehead atoms. The summed E-state index contributed by atoms with van der Waals surface area (Å²) < 4.78 is 0. The first-order chi connectivity index (χ1) is 10.3. The highest BCUT2D eigenvalue weighted by Gasteiger charge is 2.45. The Hall–Kier alpha value is -1.35. The van der Waals surface area contributed by atoms with Gasteiger partial charge in [-0.15, -0.1) is 0 Å². The third-order valence-electron chi connectivity index (χ3n) is 5.33. The summed E-state index contributed by atoms with van der Waals surface area (Å²) >= 11 is 0. The maximum Gasteiger partial charge on any atom is 0.245 e. The van der Waals surface area contributed by atoms with Crippen molar-refractivity contribution in [2.45, 2.75) is 50.7 Å². The molecule has 3 aliphatic rings. The molecule has 1 saturated heterocycles. The van der Waals surface area contributed by atoms with Crippen LogP contribution in [0.1, 0.15) is 50.1 Å². The van der Waals surface area contributed by atoms with Gasteiger partial charge >= 0.3 is 0 Å². The molecule has 1 aromatic carbocycles. The average molecular weight is 284 g/mol. The first kappa shape index (κ1) is 13.3. The Labute approximate surface area is 126 Å². The molecule has 3 heteroatoms. The average Bonchev–Trinajstić information content (AvgIpc) is 3.05. The van der Waals surface area contributed by atoms with Crippen LogP contribution in [0.15, 0.2) is 30.3 Å². The molecule has 0 aromatic heterocycles. The van der Waals surface area contributed by atoms with E-state index in [1.807, 2.05) is 18.2 Å². The molecule has 21 heavy (non-hydrogen) atoms. The minimum Gasteiger partial charge on any atom is -0.325 e. The van der Waals surface area contributed by atoms with Gasteiger partial charge in [0.05, 0.1) is 6.17 Å². The summed E-state index contributed by atoms with van der Waals surface area (Å²) in [6, 6.07) is 10.1. The van der Waals surface area contributed by atoms with Crippen LogP contribution in [-0.4, -0.2) is 23.5 Å². The molecule has 0 spiro atoms. The minimum absolute atomic E-state index is 0.129. The standard InChI is InChI=1S/C18H24N2O/c21-18-16(14-6-2-1-3-7-14)19-17(15-8-4-5-9-15)20(18)12-13-10-11-13/h1-3,6-7,13,15-17,19H,4-5,8-12H2. The van der Waals surface area contributed by atoms with Crippen molar-refractivity contribution in [3.63, 3.8) is 0 Å². The van der Waals surface area contributed by atoms with Crippen molar-refractivity contribution in [3.8, 4) is 0 Å². The molecule has 2 aliphatic carbocycles. The van der Waals surface area contributed by atoms with E-state index in [9.17, 15) is 4.79 Å². The second-order valence-corrected chi connectivity index (χ2v) is 6.93. The molecule has 0 radical (unpaired) electrons. The number of nitrogens with one attached hydrogen (secondary N) is 1. The molecule has 3 fully saturated rings. The van der Waals surface area contributed by atoms with E-state index >= 15 is 0 Å². The molecular formula is C18H24N2O. The summed E-state index contributed by atoms with van der Waals surface area (Å²) in [4.78, 5) is 15.1. The van der Waals surface area contributed by atoms with Gasteiger partial charge in [-0.25, -0.2) is 0 Å². The first-order valence-corrected chi connectivity index (χ1v) is 8.44. The summed E-state index contributed by atoms with van der Waals surface area (Å²) in [5.41, 5.74) is 1.11. The number of hydrogen-bond donors (Lipinski definition) is 1. The number of carbonyl (C=O) groups excluding carboxylic acids is 1. The highest BCUT2D eigenvalue weighted by molar-refractivity contribution is 5.85. The van der Waals surface area contributed by atoms with E-state index in [1.165, 1.54) is 38.5 Å². The zero-order chi connectivity index (χ0) is 14.2. The van der Waals surface area contributed by atoms with Crippen LogP contribution in [0.4, 0.5) is 0 Å². The Morgan fingerprint density at radius 1 is 1.05 bits per heavy atom. The van der Waals surface area contributed by atoms with E-state index in [1.54, 1.807) is 0 Å². The van der Waals surface area contributed by atoms with Gasteiger partial charge in [-0.05, 0) is 43.1 Å². The van der Waals surface area contributed by atoms with Gasteiger partial charge in [-0.3, -0.25) is 10.1 Å². The second-order valence-electron chi connectivity index (χ2n) is 6.93. The Morgan fingerprint density at radius 3 is 2.43 bits per heavy atom. The van der Waals surface area contributed by atoms with Crippen LogP contribution >= 0.6 is 0 Å². The monoisotopic (exact) mass is 284 g/mol. The van der Waals surface area contributed by atoms with Gasteiger partial charge in [-0.2, -0.15) is 0 Å². The van der Waals surface area contributed by atoms with Crippen LogP contribution in [-0.2, 0) is 4.79 Å². The van der Waals surface area contributed by atoms with Crippen LogP contribution in [0.3, 0.4) is 0 Å². The van der Waals surface area contributed by atoms with Gasteiger partial charge in [0.2, 0.25) is 5.91 Å². The molecule has 3 nitrogen and oxygen atoms in total. The second kappa shape index (κ2) is 5.45. The topological polar surface area (TPSA) is 32.3 Å². The van der Waals surface area contributed by atoms with E-state index in [-0.39, 0.29) is 12.2 Å². The maximum absolute atomic E-state index is 12.9. The SMILES string of the molecule is O=C1C(c2ccccc2)NC(C2CCCC2)N1CC1CC1. The Balaban J connectivity index is 1.58. The Morgan fingerprint density at radius 2 is 1.76 bits per heavy atom. The van der Waals surface area contributed by atoms with Gasteiger partial charge in [-0.1, -0.05) is 43.2 Å². The lowest BCUT2D eigenvalue weighted by Gasteiger charge is -2.29. The van der Waals surface area contributed by atoms with Gasteiger partial charge in [0, 0.05) is 6.54 Å². The lowest BCUT2D eigenvalue weighted by Crippen LogP contribution is -2.43. The lowest BCUT2D eigenvalue weighted by molar-refractivity contribution is -0.131. The largest absolute Gasteiger partial charge is 0.325 e. The molecule has 1 aromatic rings.